The van der Waals surface area contributed by atoms with Crippen molar-refractivity contribution < 1.29 is 9.59 Å². The van der Waals surface area contributed by atoms with Crippen LogP contribution in [0, 0.1) is 0 Å². The number of nitrogens with one attached hydrogen (secondary N) is 2. The van der Waals surface area contributed by atoms with E-state index < -0.39 is 6.04 Å². The maximum Gasteiger partial charge on any atom is 0.329 e. The van der Waals surface area contributed by atoms with Crippen molar-refractivity contribution in [2.24, 2.45) is 0 Å². The molecule has 0 aliphatic carbocycles. The average Bonchev–Trinajstić information content (AvgIpc) is 2.70. The fourth-order valence-electron chi connectivity index (χ4n) is 3.19. The van der Waals surface area contributed by atoms with Crippen LogP contribution >= 0.6 is 0 Å². The molecule has 24 heavy (non-hydrogen) atoms. The molecule has 2 heterocycles. The summed E-state index contributed by atoms with van der Waals surface area (Å²) in [6.07, 6.45) is 2.43. The van der Waals surface area contributed by atoms with Gasteiger partial charge >= 0.3 is 5.69 Å². The molecule has 1 aliphatic rings. The molecule has 1 atom stereocenters. The average molecular weight is 330 g/mol. The minimum absolute atomic E-state index is 0.0872. The van der Waals surface area contributed by atoms with E-state index in [4.69, 9.17) is 0 Å². The summed E-state index contributed by atoms with van der Waals surface area (Å²) >= 11 is 0. The third-order valence-corrected chi connectivity index (χ3v) is 4.41. The van der Waals surface area contributed by atoms with Crippen LogP contribution in [0.5, 0.6) is 0 Å². The SMILES string of the molecule is CCn1c(=O)n(CC(=O)N[C@@H]2CCCCNC2=O)c2ccccc21. The van der Waals surface area contributed by atoms with E-state index in [0.29, 0.717) is 19.5 Å². The zero-order chi connectivity index (χ0) is 17.1. The molecule has 7 nitrogen and oxygen atoms in total. The van der Waals surface area contributed by atoms with E-state index in [2.05, 4.69) is 10.6 Å². The number of nitrogens with zero attached hydrogens (tertiary/aromatic N) is 2. The van der Waals surface area contributed by atoms with Crippen LogP contribution in [0.15, 0.2) is 29.1 Å². The number of hydrogen-bond acceptors (Lipinski definition) is 3. The molecule has 1 aliphatic heterocycles. The van der Waals surface area contributed by atoms with E-state index in [1.165, 1.54) is 4.57 Å². The van der Waals surface area contributed by atoms with E-state index in [-0.39, 0.29) is 24.0 Å². The molecule has 1 aromatic carbocycles. The Balaban J connectivity index is 1.82. The zero-order valence-corrected chi connectivity index (χ0v) is 13.7. The number of carbonyl (C=O) groups excluding carboxylic acids is 2. The van der Waals surface area contributed by atoms with Crippen molar-refractivity contribution >= 4 is 22.8 Å². The van der Waals surface area contributed by atoms with Crippen LogP contribution < -0.4 is 16.3 Å². The van der Waals surface area contributed by atoms with Gasteiger partial charge in [0.05, 0.1) is 11.0 Å². The van der Waals surface area contributed by atoms with E-state index in [0.717, 1.165) is 23.9 Å². The van der Waals surface area contributed by atoms with Crippen LogP contribution in [0.1, 0.15) is 26.2 Å². The Labute approximate surface area is 139 Å². The van der Waals surface area contributed by atoms with Crippen molar-refractivity contribution in [2.45, 2.75) is 45.3 Å². The molecule has 2 amide bonds. The van der Waals surface area contributed by atoms with E-state index in [1.54, 1.807) is 4.57 Å². The molecule has 0 bridgehead atoms. The largest absolute Gasteiger partial charge is 0.354 e. The molecule has 128 valence electrons. The van der Waals surface area contributed by atoms with Gasteiger partial charge in [0.15, 0.2) is 0 Å². The normalized spacial score (nSPS) is 18.2. The fourth-order valence-corrected chi connectivity index (χ4v) is 3.19. The lowest BCUT2D eigenvalue weighted by Crippen LogP contribution is -2.47. The molecule has 1 fully saturated rings. The molecule has 3 rings (SSSR count). The fraction of sp³-hybridized carbons (Fsp3) is 0.471. The molecule has 0 saturated carbocycles. The Morgan fingerprint density at radius 1 is 1.21 bits per heavy atom. The van der Waals surface area contributed by atoms with Crippen LogP contribution in [0.4, 0.5) is 0 Å². The summed E-state index contributed by atoms with van der Waals surface area (Å²) in [7, 11) is 0. The van der Waals surface area contributed by atoms with Gasteiger partial charge in [0.2, 0.25) is 11.8 Å². The molecule has 7 heteroatoms. The van der Waals surface area contributed by atoms with Gasteiger partial charge in [-0.1, -0.05) is 12.1 Å². The van der Waals surface area contributed by atoms with Crippen LogP contribution in [0.25, 0.3) is 11.0 Å². The first-order valence-corrected chi connectivity index (χ1v) is 8.37. The highest BCUT2D eigenvalue weighted by molar-refractivity contribution is 5.88. The summed E-state index contributed by atoms with van der Waals surface area (Å²) < 4.78 is 3.10. The van der Waals surface area contributed by atoms with E-state index >= 15 is 0 Å². The van der Waals surface area contributed by atoms with Gasteiger partial charge in [0.1, 0.15) is 12.6 Å². The molecule has 0 spiro atoms. The Morgan fingerprint density at radius 2 is 1.92 bits per heavy atom. The molecule has 1 saturated heterocycles. The summed E-state index contributed by atoms with van der Waals surface area (Å²) in [4.78, 5) is 36.8. The topological polar surface area (TPSA) is 85.1 Å². The van der Waals surface area contributed by atoms with E-state index in [9.17, 15) is 14.4 Å². The van der Waals surface area contributed by atoms with Gasteiger partial charge in [-0.2, -0.15) is 0 Å². The van der Waals surface area contributed by atoms with Crippen LogP contribution in [-0.4, -0.2) is 33.5 Å². The third kappa shape index (κ3) is 3.06. The number of carbonyl (C=O) groups is 2. The van der Waals surface area contributed by atoms with Gasteiger partial charge in [0.25, 0.3) is 0 Å². The number of benzene rings is 1. The number of aryl methyl sites for hydroxylation is 1. The minimum Gasteiger partial charge on any atom is -0.354 e. The van der Waals surface area contributed by atoms with Crippen molar-refractivity contribution in [3.8, 4) is 0 Å². The van der Waals surface area contributed by atoms with Crippen LogP contribution in [0.3, 0.4) is 0 Å². The predicted molar refractivity (Wildman–Crippen MR) is 90.7 cm³/mol. The minimum atomic E-state index is -0.518. The highest BCUT2D eigenvalue weighted by Gasteiger charge is 2.23. The van der Waals surface area contributed by atoms with Crippen molar-refractivity contribution in [1.82, 2.24) is 19.8 Å². The van der Waals surface area contributed by atoms with Crippen molar-refractivity contribution in [1.29, 1.82) is 0 Å². The Kier molecular flexibility index (Phi) is 4.69. The predicted octanol–water partition coefficient (Wildman–Crippen LogP) is 0.608. The number of rotatable bonds is 4. The number of para-hydroxylation sites is 2. The van der Waals surface area contributed by atoms with Crippen molar-refractivity contribution in [2.75, 3.05) is 6.54 Å². The molecular weight excluding hydrogens is 308 g/mol. The van der Waals surface area contributed by atoms with Gasteiger partial charge in [-0.05, 0) is 38.3 Å². The highest BCUT2D eigenvalue weighted by Crippen LogP contribution is 2.12. The summed E-state index contributed by atoms with van der Waals surface area (Å²) in [5, 5.41) is 5.55. The second-order valence-corrected chi connectivity index (χ2v) is 6.01. The monoisotopic (exact) mass is 330 g/mol. The summed E-state index contributed by atoms with van der Waals surface area (Å²) in [6, 6.07) is 6.89. The summed E-state index contributed by atoms with van der Waals surface area (Å²) in [5.74, 6) is -0.470. The number of fused-ring (bicyclic) bond motifs is 1. The molecule has 2 N–H and O–H groups in total. The van der Waals surface area contributed by atoms with Gasteiger partial charge in [-0.15, -0.1) is 0 Å². The summed E-state index contributed by atoms with van der Waals surface area (Å²) in [5.41, 5.74) is 1.33. The molecule has 1 aromatic heterocycles. The van der Waals surface area contributed by atoms with Crippen molar-refractivity contribution in [3.63, 3.8) is 0 Å². The Morgan fingerprint density at radius 3 is 2.62 bits per heavy atom. The zero-order valence-electron chi connectivity index (χ0n) is 13.7. The lowest BCUT2D eigenvalue weighted by atomic mass is 10.1. The van der Waals surface area contributed by atoms with E-state index in [1.807, 2.05) is 31.2 Å². The first kappa shape index (κ1) is 16.3. The highest BCUT2D eigenvalue weighted by atomic mass is 16.2. The third-order valence-electron chi connectivity index (χ3n) is 4.41. The number of amides is 2. The number of imidazole rings is 1. The maximum atomic E-state index is 12.5. The lowest BCUT2D eigenvalue weighted by molar-refractivity contribution is -0.129. The molecule has 0 unspecified atom stereocenters. The number of hydrogen-bond donors (Lipinski definition) is 2. The Bertz CT molecular complexity index is 821. The van der Waals surface area contributed by atoms with Crippen LogP contribution in [0.2, 0.25) is 0 Å². The maximum absolute atomic E-state index is 12.5. The molecular formula is C17H22N4O3. The molecule has 0 radical (unpaired) electrons. The lowest BCUT2D eigenvalue weighted by Gasteiger charge is -2.15. The van der Waals surface area contributed by atoms with Gasteiger partial charge in [-0.3, -0.25) is 18.7 Å². The smallest absolute Gasteiger partial charge is 0.329 e. The molecule has 2 aromatic rings. The Hall–Kier alpha value is -2.57. The van der Waals surface area contributed by atoms with Crippen LogP contribution in [-0.2, 0) is 22.7 Å². The first-order valence-electron chi connectivity index (χ1n) is 8.37. The second kappa shape index (κ2) is 6.90. The second-order valence-electron chi connectivity index (χ2n) is 6.01. The summed E-state index contributed by atoms with van der Waals surface area (Å²) in [6.45, 7) is 3.00. The van der Waals surface area contributed by atoms with Crippen molar-refractivity contribution in [3.05, 3.63) is 34.7 Å². The first-order chi connectivity index (χ1) is 11.6. The van der Waals surface area contributed by atoms with Gasteiger partial charge in [0, 0.05) is 13.1 Å². The number of aromatic nitrogens is 2. The standard InChI is InChI=1S/C17H22N4O3/c1-2-20-13-8-3-4-9-14(13)21(17(20)24)11-15(22)19-12-7-5-6-10-18-16(12)23/h3-4,8-9,12H,2,5-7,10-11H2,1H3,(H,18,23)(H,19,22)/t12-/m1/s1. The quantitative estimate of drug-likeness (QED) is 0.861. The van der Waals surface area contributed by atoms with Gasteiger partial charge < -0.3 is 10.6 Å². The van der Waals surface area contributed by atoms with Gasteiger partial charge in [-0.25, -0.2) is 4.79 Å².